The summed E-state index contributed by atoms with van der Waals surface area (Å²) >= 11 is 0. The van der Waals surface area contributed by atoms with Crippen molar-refractivity contribution in [1.82, 2.24) is 0 Å². The molecule has 1 amide bonds. The van der Waals surface area contributed by atoms with Crippen LogP contribution in [0.4, 0.5) is 11.4 Å². The first-order valence-electron chi connectivity index (χ1n) is 12.3. The number of benzene rings is 4. The summed E-state index contributed by atoms with van der Waals surface area (Å²) in [7, 11) is 0. The summed E-state index contributed by atoms with van der Waals surface area (Å²) in [6.45, 7) is 2.57. The number of fused-ring (bicyclic) bond motifs is 4. The lowest BCUT2D eigenvalue weighted by Gasteiger charge is -2.38. The molecule has 0 fully saturated rings. The minimum Gasteiger partial charge on any atom is -0.494 e. The van der Waals surface area contributed by atoms with E-state index in [2.05, 4.69) is 71.3 Å². The van der Waals surface area contributed by atoms with Gasteiger partial charge in [-0.2, -0.15) is 0 Å². The molecule has 4 aromatic carbocycles. The molecular formula is C31H28N2O2. The van der Waals surface area contributed by atoms with Gasteiger partial charge in [0.2, 0.25) is 0 Å². The van der Waals surface area contributed by atoms with Crippen LogP contribution in [0.15, 0.2) is 97.1 Å². The van der Waals surface area contributed by atoms with Gasteiger partial charge in [0, 0.05) is 11.6 Å². The highest BCUT2D eigenvalue weighted by molar-refractivity contribution is 6.08. The molecule has 1 aliphatic carbocycles. The number of carbonyl (C=O) groups is 1. The summed E-state index contributed by atoms with van der Waals surface area (Å²) in [5.41, 5.74) is 4.83. The predicted molar refractivity (Wildman–Crippen MR) is 142 cm³/mol. The van der Waals surface area contributed by atoms with Crippen LogP contribution in [-0.2, 0) is 0 Å². The number of amides is 1. The molecule has 0 spiro atoms. The highest BCUT2D eigenvalue weighted by Crippen LogP contribution is 2.51. The van der Waals surface area contributed by atoms with Gasteiger partial charge in [-0.05, 0) is 71.5 Å². The van der Waals surface area contributed by atoms with Crippen molar-refractivity contribution in [3.8, 4) is 5.75 Å². The van der Waals surface area contributed by atoms with Crippen molar-refractivity contribution < 1.29 is 9.53 Å². The van der Waals surface area contributed by atoms with Crippen molar-refractivity contribution in [1.29, 1.82) is 0 Å². The Hall–Kier alpha value is -4.05. The summed E-state index contributed by atoms with van der Waals surface area (Å²) in [4.78, 5) is 13.4. The standard InChI is InChI=1S/C31H28N2O2/c1-2-35-22-18-16-21(17-19-22)32-31(34)28-15-7-14-27-24-11-6-13-26(24)29(33-30(27)28)25-12-5-9-20-8-3-4-10-23(20)25/h3-12,14-19,24,26,29,33H,2,13H2,1H3,(H,32,34). The summed E-state index contributed by atoms with van der Waals surface area (Å²) in [6.07, 6.45) is 5.63. The second-order valence-corrected chi connectivity index (χ2v) is 9.23. The Morgan fingerprint density at radius 1 is 0.943 bits per heavy atom. The lowest BCUT2D eigenvalue weighted by Crippen LogP contribution is -2.31. The Balaban J connectivity index is 1.37. The van der Waals surface area contributed by atoms with Crippen molar-refractivity contribution in [3.05, 3.63) is 114 Å². The minimum absolute atomic E-state index is 0.115. The van der Waals surface area contributed by atoms with Gasteiger partial charge in [-0.25, -0.2) is 0 Å². The number of rotatable bonds is 5. The maximum Gasteiger partial charge on any atom is 0.257 e. The molecule has 4 aromatic rings. The number of anilines is 2. The van der Waals surface area contributed by atoms with E-state index < -0.39 is 0 Å². The van der Waals surface area contributed by atoms with Crippen LogP contribution >= 0.6 is 0 Å². The highest BCUT2D eigenvalue weighted by Gasteiger charge is 2.39. The fourth-order valence-electron chi connectivity index (χ4n) is 5.64. The van der Waals surface area contributed by atoms with E-state index in [4.69, 9.17) is 4.74 Å². The molecule has 0 bridgehead atoms. The molecule has 3 atom stereocenters. The van der Waals surface area contributed by atoms with E-state index in [-0.39, 0.29) is 17.9 Å². The van der Waals surface area contributed by atoms with Crippen LogP contribution in [0.3, 0.4) is 0 Å². The quantitative estimate of drug-likeness (QED) is 0.307. The molecule has 1 aliphatic heterocycles. The Bertz CT molecular complexity index is 1420. The van der Waals surface area contributed by atoms with Crippen LogP contribution in [0.5, 0.6) is 5.75 Å². The zero-order valence-electron chi connectivity index (χ0n) is 19.7. The van der Waals surface area contributed by atoms with Crippen LogP contribution in [0.1, 0.15) is 46.8 Å². The summed E-state index contributed by atoms with van der Waals surface area (Å²) < 4.78 is 5.52. The lowest BCUT2D eigenvalue weighted by atomic mass is 9.75. The number of ether oxygens (including phenoxy) is 1. The van der Waals surface area contributed by atoms with Crippen LogP contribution < -0.4 is 15.4 Å². The van der Waals surface area contributed by atoms with Gasteiger partial charge in [-0.1, -0.05) is 66.7 Å². The van der Waals surface area contributed by atoms with E-state index in [1.54, 1.807) is 0 Å². The molecule has 4 heteroatoms. The Morgan fingerprint density at radius 3 is 2.57 bits per heavy atom. The van der Waals surface area contributed by atoms with E-state index in [1.807, 2.05) is 43.3 Å². The van der Waals surface area contributed by atoms with Gasteiger partial charge in [0.1, 0.15) is 5.75 Å². The van der Waals surface area contributed by atoms with Crippen molar-refractivity contribution >= 4 is 28.1 Å². The molecule has 3 unspecified atom stereocenters. The largest absolute Gasteiger partial charge is 0.494 e. The fraction of sp³-hybridized carbons (Fsp3) is 0.194. The average Bonchev–Trinajstić information content (AvgIpc) is 3.39. The number of hydrogen-bond acceptors (Lipinski definition) is 3. The van der Waals surface area contributed by atoms with Gasteiger partial charge in [0.05, 0.1) is 23.9 Å². The van der Waals surface area contributed by atoms with Gasteiger partial charge in [-0.3, -0.25) is 4.79 Å². The summed E-state index contributed by atoms with van der Waals surface area (Å²) in [5, 5.41) is 9.39. The zero-order valence-corrected chi connectivity index (χ0v) is 19.7. The molecule has 174 valence electrons. The van der Waals surface area contributed by atoms with Crippen LogP contribution in [0, 0.1) is 5.92 Å². The molecule has 6 rings (SSSR count). The number of allylic oxidation sites excluding steroid dienone is 2. The molecule has 2 N–H and O–H groups in total. The first-order chi connectivity index (χ1) is 17.2. The van der Waals surface area contributed by atoms with Crippen LogP contribution in [0.2, 0.25) is 0 Å². The van der Waals surface area contributed by atoms with Crippen molar-refractivity contribution in [2.75, 3.05) is 17.2 Å². The first-order valence-corrected chi connectivity index (χ1v) is 12.3. The third-order valence-corrected chi connectivity index (χ3v) is 7.22. The molecular weight excluding hydrogens is 432 g/mol. The van der Waals surface area contributed by atoms with Crippen molar-refractivity contribution in [3.63, 3.8) is 0 Å². The molecule has 1 heterocycles. The lowest BCUT2D eigenvalue weighted by molar-refractivity contribution is 0.102. The second kappa shape index (κ2) is 8.95. The van der Waals surface area contributed by atoms with Crippen LogP contribution in [-0.4, -0.2) is 12.5 Å². The highest BCUT2D eigenvalue weighted by atomic mass is 16.5. The molecule has 2 aliphatic rings. The molecule has 0 radical (unpaired) electrons. The summed E-state index contributed by atoms with van der Waals surface area (Å²) in [6, 6.07) is 28.8. The summed E-state index contributed by atoms with van der Waals surface area (Å²) in [5.74, 6) is 1.38. The molecule has 0 saturated carbocycles. The SMILES string of the molecule is CCOc1ccc(NC(=O)c2cccc3c2NC(c2cccc4ccccc24)C2CC=CC32)cc1. The Kier molecular flexibility index (Phi) is 5.49. The van der Waals surface area contributed by atoms with Gasteiger partial charge in [0.15, 0.2) is 0 Å². The predicted octanol–water partition coefficient (Wildman–Crippen LogP) is 7.32. The topological polar surface area (TPSA) is 50.4 Å². The monoisotopic (exact) mass is 460 g/mol. The second-order valence-electron chi connectivity index (χ2n) is 9.23. The minimum atomic E-state index is -0.115. The zero-order chi connectivity index (χ0) is 23.8. The van der Waals surface area contributed by atoms with Gasteiger partial charge < -0.3 is 15.4 Å². The molecule has 4 nitrogen and oxygen atoms in total. The van der Waals surface area contributed by atoms with E-state index in [0.717, 1.165) is 23.5 Å². The fourth-order valence-corrected chi connectivity index (χ4v) is 5.64. The first kappa shape index (κ1) is 21.5. The van der Waals surface area contributed by atoms with Gasteiger partial charge in [0.25, 0.3) is 5.91 Å². The number of hydrogen-bond donors (Lipinski definition) is 2. The maximum absolute atomic E-state index is 13.4. The van der Waals surface area contributed by atoms with Crippen LogP contribution in [0.25, 0.3) is 10.8 Å². The number of nitrogens with one attached hydrogen (secondary N) is 2. The smallest absolute Gasteiger partial charge is 0.257 e. The molecule has 0 saturated heterocycles. The third kappa shape index (κ3) is 3.85. The van der Waals surface area contributed by atoms with E-state index in [9.17, 15) is 4.79 Å². The normalized spacial score (nSPS) is 20.1. The number of carbonyl (C=O) groups excluding carboxylic acids is 1. The van der Waals surface area contributed by atoms with Gasteiger partial charge >= 0.3 is 0 Å². The average molecular weight is 461 g/mol. The van der Waals surface area contributed by atoms with E-state index in [1.165, 1.54) is 21.9 Å². The maximum atomic E-state index is 13.4. The van der Waals surface area contributed by atoms with Crippen molar-refractivity contribution in [2.24, 2.45) is 5.92 Å². The third-order valence-electron chi connectivity index (χ3n) is 7.22. The van der Waals surface area contributed by atoms with Gasteiger partial charge in [-0.15, -0.1) is 0 Å². The Labute approximate surface area is 205 Å². The van der Waals surface area contributed by atoms with E-state index in [0.29, 0.717) is 18.1 Å². The molecule has 35 heavy (non-hydrogen) atoms. The number of para-hydroxylation sites is 1. The van der Waals surface area contributed by atoms with E-state index >= 15 is 0 Å². The Morgan fingerprint density at radius 2 is 1.71 bits per heavy atom. The molecule has 0 aromatic heterocycles. The van der Waals surface area contributed by atoms with Crippen molar-refractivity contribution in [2.45, 2.75) is 25.3 Å².